The summed E-state index contributed by atoms with van der Waals surface area (Å²) >= 11 is 6.03. The van der Waals surface area contributed by atoms with Crippen molar-refractivity contribution in [1.29, 1.82) is 0 Å². The molecule has 5 heteroatoms. The third kappa shape index (κ3) is 3.70. The fraction of sp³-hybridized carbons (Fsp3) is 0.429. The highest BCUT2D eigenvalue weighted by Crippen LogP contribution is 2.42. The molecule has 3 rings (SSSR count). The van der Waals surface area contributed by atoms with E-state index in [9.17, 15) is 9.59 Å². The van der Waals surface area contributed by atoms with Crippen LogP contribution >= 0.6 is 11.6 Å². The Morgan fingerprint density at radius 1 is 1.27 bits per heavy atom. The van der Waals surface area contributed by atoms with Crippen LogP contribution in [0.25, 0.3) is 0 Å². The number of nitrogens with one attached hydrogen (secondary N) is 1. The number of rotatable bonds is 5. The Balaban J connectivity index is 2.04. The number of dihydropyridines is 1. The summed E-state index contributed by atoms with van der Waals surface area (Å²) in [6.07, 6.45) is 3.95. The van der Waals surface area contributed by atoms with Crippen LogP contribution in [0.5, 0.6) is 0 Å². The summed E-state index contributed by atoms with van der Waals surface area (Å²) in [6, 6.07) is 7.36. The van der Waals surface area contributed by atoms with Gasteiger partial charge in [-0.2, -0.15) is 0 Å². The van der Waals surface area contributed by atoms with Crippen molar-refractivity contribution in [3.05, 3.63) is 57.4 Å². The van der Waals surface area contributed by atoms with Crippen LogP contribution in [0.15, 0.2) is 46.8 Å². The van der Waals surface area contributed by atoms with Gasteiger partial charge < -0.3 is 10.1 Å². The highest BCUT2D eigenvalue weighted by atomic mass is 35.5. The number of allylic oxidation sites excluding steroid dienone is 3. The molecule has 0 spiro atoms. The van der Waals surface area contributed by atoms with E-state index in [0.717, 1.165) is 42.6 Å². The molecule has 1 N–H and O–H groups in total. The van der Waals surface area contributed by atoms with Crippen molar-refractivity contribution in [3.8, 4) is 0 Å². The highest BCUT2D eigenvalue weighted by Gasteiger charge is 2.38. The Kier molecular flexibility index (Phi) is 5.82. The van der Waals surface area contributed by atoms with Crippen molar-refractivity contribution in [2.75, 3.05) is 6.61 Å². The molecule has 0 saturated carbocycles. The van der Waals surface area contributed by atoms with Gasteiger partial charge in [-0.1, -0.05) is 37.1 Å². The number of halogens is 1. The predicted octanol–water partition coefficient (Wildman–Crippen LogP) is 4.65. The molecule has 0 aromatic heterocycles. The smallest absolute Gasteiger partial charge is 0.336 e. The van der Waals surface area contributed by atoms with Gasteiger partial charge in [0.05, 0.1) is 12.2 Å². The maximum Gasteiger partial charge on any atom is 0.336 e. The topological polar surface area (TPSA) is 55.4 Å². The number of ether oxygens (including phenoxy) is 1. The molecule has 1 aliphatic heterocycles. The molecule has 4 nitrogen and oxygen atoms in total. The second-order valence-corrected chi connectivity index (χ2v) is 7.24. The molecule has 1 aromatic carbocycles. The zero-order valence-corrected chi connectivity index (χ0v) is 16.0. The van der Waals surface area contributed by atoms with Crippen LogP contribution in [0.4, 0.5) is 0 Å². The first-order valence-electron chi connectivity index (χ1n) is 9.19. The molecule has 1 atom stereocenters. The van der Waals surface area contributed by atoms with Crippen molar-refractivity contribution in [2.24, 2.45) is 0 Å². The van der Waals surface area contributed by atoms with E-state index < -0.39 is 5.92 Å². The van der Waals surface area contributed by atoms with Crippen LogP contribution < -0.4 is 5.32 Å². The van der Waals surface area contributed by atoms with Gasteiger partial charge in [0.1, 0.15) is 0 Å². The van der Waals surface area contributed by atoms with Crippen molar-refractivity contribution >= 4 is 23.4 Å². The van der Waals surface area contributed by atoms with E-state index in [2.05, 4.69) is 12.2 Å². The monoisotopic (exact) mass is 373 g/mol. The van der Waals surface area contributed by atoms with Gasteiger partial charge in [0.15, 0.2) is 5.78 Å². The number of hydrogen-bond donors (Lipinski definition) is 1. The lowest BCUT2D eigenvalue weighted by Gasteiger charge is -2.34. The summed E-state index contributed by atoms with van der Waals surface area (Å²) in [5, 5.41) is 3.92. The average molecular weight is 374 g/mol. The zero-order valence-electron chi connectivity index (χ0n) is 15.2. The molecule has 0 radical (unpaired) electrons. The third-order valence-corrected chi connectivity index (χ3v) is 5.18. The Hall–Kier alpha value is -2.07. The first-order chi connectivity index (χ1) is 12.5. The average Bonchev–Trinajstić information content (AvgIpc) is 2.61. The molecule has 0 unspecified atom stereocenters. The minimum atomic E-state index is -0.398. The lowest BCUT2D eigenvalue weighted by Crippen LogP contribution is -2.34. The lowest BCUT2D eigenvalue weighted by molar-refractivity contribution is -0.139. The largest absolute Gasteiger partial charge is 0.462 e. The number of ketones is 1. The first-order valence-corrected chi connectivity index (χ1v) is 9.57. The van der Waals surface area contributed by atoms with Crippen molar-refractivity contribution in [2.45, 2.75) is 51.9 Å². The van der Waals surface area contributed by atoms with Gasteiger partial charge in [0.25, 0.3) is 0 Å². The summed E-state index contributed by atoms with van der Waals surface area (Å²) < 4.78 is 5.49. The van der Waals surface area contributed by atoms with Crippen molar-refractivity contribution < 1.29 is 14.3 Å². The fourth-order valence-electron chi connectivity index (χ4n) is 3.63. The van der Waals surface area contributed by atoms with Gasteiger partial charge in [0, 0.05) is 34.3 Å². The molecule has 1 heterocycles. The molecule has 2 aliphatic rings. The van der Waals surface area contributed by atoms with Crippen LogP contribution in [0.1, 0.15) is 57.4 Å². The first kappa shape index (κ1) is 18.7. The number of carbonyl (C=O) groups excluding carboxylic acids is 2. The van der Waals surface area contributed by atoms with E-state index >= 15 is 0 Å². The molecule has 0 saturated heterocycles. The van der Waals surface area contributed by atoms with Crippen LogP contribution in [0.3, 0.4) is 0 Å². The summed E-state index contributed by atoms with van der Waals surface area (Å²) in [5.74, 6) is -0.649. The van der Waals surface area contributed by atoms with E-state index in [1.54, 1.807) is 12.1 Å². The summed E-state index contributed by atoms with van der Waals surface area (Å²) in [5.41, 5.74) is 3.81. The molecule has 1 aromatic rings. The minimum absolute atomic E-state index is 0.102. The zero-order chi connectivity index (χ0) is 18.7. The standard InChI is InChI=1S/C21H24ClNO3/c1-3-4-12-26-21(25)18-13(2)23-16-6-5-7-17(24)20(16)19(18)14-8-10-15(22)11-9-14/h8-11,19,23H,3-7,12H2,1-2H3/t19-/m0/s1. The number of esters is 1. The van der Waals surface area contributed by atoms with Crippen LogP contribution in [0, 0.1) is 0 Å². The molecule has 26 heavy (non-hydrogen) atoms. The van der Waals surface area contributed by atoms with E-state index in [0.29, 0.717) is 29.2 Å². The Bertz CT molecular complexity index is 777. The van der Waals surface area contributed by atoms with E-state index in [-0.39, 0.29) is 11.8 Å². The van der Waals surface area contributed by atoms with Crippen LogP contribution in [0.2, 0.25) is 5.02 Å². The highest BCUT2D eigenvalue weighted by molar-refractivity contribution is 6.30. The van der Waals surface area contributed by atoms with E-state index in [4.69, 9.17) is 16.3 Å². The van der Waals surface area contributed by atoms with Gasteiger partial charge in [-0.25, -0.2) is 4.79 Å². The molecule has 1 aliphatic carbocycles. The molecule has 0 bridgehead atoms. The molecular formula is C21H24ClNO3. The van der Waals surface area contributed by atoms with Crippen molar-refractivity contribution in [3.63, 3.8) is 0 Å². The number of hydrogen-bond acceptors (Lipinski definition) is 4. The maximum atomic E-state index is 12.8. The summed E-state index contributed by atoms with van der Waals surface area (Å²) in [7, 11) is 0. The summed E-state index contributed by atoms with van der Waals surface area (Å²) in [4.78, 5) is 25.6. The summed E-state index contributed by atoms with van der Waals surface area (Å²) in [6.45, 7) is 4.32. The second kappa shape index (κ2) is 8.09. The van der Waals surface area contributed by atoms with Crippen LogP contribution in [-0.2, 0) is 14.3 Å². The fourth-order valence-corrected chi connectivity index (χ4v) is 3.76. The second-order valence-electron chi connectivity index (χ2n) is 6.81. The third-order valence-electron chi connectivity index (χ3n) is 4.93. The number of benzene rings is 1. The molecular weight excluding hydrogens is 350 g/mol. The van der Waals surface area contributed by atoms with Gasteiger partial charge >= 0.3 is 5.97 Å². The van der Waals surface area contributed by atoms with Gasteiger partial charge in [-0.3, -0.25) is 4.79 Å². The molecule has 138 valence electrons. The van der Waals surface area contributed by atoms with E-state index in [1.165, 1.54) is 0 Å². The quantitative estimate of drug-likeness (QED) is 0.602. The SMILES string of the molecule is CCCCOC(=O)C1=C(C)NC2=C(C(=O)CCC2)[C@H]1c1ccc(Cl)cc1. The Labute approximate surface area is 159 Å². The van der Waals surface area contributed by atoms with Crippen LogP contribution in [-0.4, -0.2) is 18.4 Å². The van der Waals surface area contributed by atoms with Gasteiger partial charge in [-0.15, -0.1) is 0 Å². The number of carbonyl (C=O) groups is 2. The number of Topliss-reactive ketones (excluding diaryl/α,β-unsaturated/α-hetero) is 1. The predicted molar refractivity (Wildman–Crippen MR) is 102 cm³/mol. The normalized spacial score (nSPS) is 20.0. The Morgan fingerprint density at radius 3 is 2.69 bits per heavy atom. The maximum absolute atomic E-state index is 12.8. The van der Waals surface area contributed by atoms with Gasteiger partial charge in [-0.05, 0) is 43.9 Å². The minimum Gasteiger partial charge on any atom is -0.462 e. The molecule has 0 amide bonds. The van der Waals surface area contributed by atoms with Gasteiger partial charge in [0.2, 0.25) is 0 Å². The molecule has 0 fully saturated rings. The van der Waals surface area contributed by atoms with E-state index in [1.807, 2.05) is 19.1 Å². The van der Waals surface area contributed by atoms with Crippen molar-refractivity contribution in [1.82, 2.24) is 5.32 Å². The lowest BCUT2D eigenvalue weighted by atomic mass is 9.75. The Morgan fingerprint density at radius 2 is 2.00 bits per heavy atom. The number of unbranched alkanes of at least 4 members (excludes halogenated alkanes) is 1.